The molecule has 0 unspecified atom stereocenters. The topological polar surface area (TPSA) is 114 Å². The molecule has 27 heavy (non-hydrogen) atoms. The summed E-state index contributed by atoms with van der Waals surface area (Å²) in [5.74, 6) is 1.96. The Hall–Kier alpha value is -2.91. The number of aromatic nitrogens is 4. The van der Waals surface area contributed by atoms with Gasteiger partial charge in [0.1, 0.15) is 12.4 Å². The Labute approximate surface area is 157 Å². The standard InChI is InChI=1S/C18H24N8O/c19-7-10-27-17-11-13(6-9-21-17)23-18-24-16-5-1-4-15(26(16)25-18)22-14-3-2-8-20-12-14/h1,4-6,9,11,14,20,22H,2-3,7-8,10,12,19H2,(H,21,23,25)/t14-/m1/s1. The molecule has 0 saturated carbocycles. The molecule has 1 saturated heterocycles. The normalized spacial score (nSPS) is 17.0. The van der Waals surface area contributed by atoms with Gasteiger partial charge in [-0.1, -0.05) is 6.07 Å². The van der Waals surface area contributed by atoms with E-state index in [9.17, 15) is 0 Å². The molecule has 142 valence electrons. The molecule has 0 radical (unpaired) electrons. The SMILES string of the molecule is NCCOc1cc(Nc2nc3cccc(N[C@@H]4CCCNC4)n3n2)ccn1. The summed E-state index contributed by atoms with van der Waals surface area (Å²) in [4.78, 5) is 8.72. The molecule has 1 aliphatic heterocycles. The average Bonchev–Trinajstić information content (AvgIpc) is 3.11. The molecule has 1 atom stereocenters. The molecule has 9 nitrogen and oxygen atoms in total. The largest absolute Gasteiger partial charge is 0.476 e. The van der Waals surface area contributed by atoms with Gasteiger partial charge in [-0.25, -0.2) is 4.98 Å². The van der Waals surface area contributed by atoms with Crippen LogP contribution in [0.5, 0.6) is 5.88 Å². The van der Waals surface area contributed by atoms with E-state index in [2.05, 4.69) is 31.0 Å². The average molecular weight is 368 g/mol. The molecule has 0 bridgehead atoms. The number of hydrogen-bond acceptors (Lipinski definition) is 8. The van der Waals surface area contributed by atoms with Crippen LogP contribution >= 0.6 is 0 Å². The number of nitrogens with two attached hydrogens (primary N) is 1. The molecule has 3 aromatic heterocycles. The van der Waals surface area contributed by atoms with Crippen molar-refractivity contribution in [1.82, 2.24) is 24.9 Å². The molecule has 0 amide bonds. The van der Waals surface area contributed by atoms with Crippen molar-refractivity contribution < 1.29 is 4.74 Å². The third kappa shape index (κ3) is 4.26. The van der Waals surface area contributed by atoms with Crippen LogP contribution in [0, 0.1) is 0 Å². The number of nitrogens with zero attached hydrogens (tertiary/aromatic N) is 4. The summed E-state index contributed by atoms with van der Waals surface area (Å²) in [7, 11) is 0. The summed E-state index contributed by atoms with van der Waals surface area (Å²) in [5.41, 5.74) is 7.04. The first-order valence-electron chi connectivity index (χ1n) is 9.21. The summed E-state index contributed by atoms with van der Waals surface area (Å²) in [6.45, 7) is 2.91. The minimum Gasteiger partial charge on any atom is -0.476 e. The smallest absolute Gasteiger partial charge is 0.247 e. The Morgan fingerprint density at radius 1 is 1.33 bits per heavy atom. The zero-order chi connectivity index (χ0) is 18.5. The third-order valence-corrected chi connectivity index (χ3v) is 4.37. The minimum absolute atomic E-state index is 0.396. The molecule has 5 N–H and O–H groups in total. The fourth-order valence-corrected chi connectivity index (χ4v) is 3.11. The second kappa shape index (κ2) is 8.19. The molecule has 3 aromatic rings. The second-order valence-corrected chi connectivity index (χ2v) is 6.45. The zero-order valence-electron chi connectivity index (χ0n) is 15.1. The van der Waals surface area contributed by atoms with Crippen molar-refractivity contribution in [1.29, 1.82) is 0 Å². The summed E-state index contributed by atoms with van der Waals surface area (Å²) < 4.78 is 7.28. The lowest BCUT2D eigenvalue weighted by molar-refractivity contribution is 0.316. The van der Waals surface area contributed by atoms with Gasteiger partial charge >= 0.3 is 0 Å². The predicted molar refractivity (Wildman–Crippen MR) is 105 cm³/mol. The van der Waals surface area contributed by atoms with E-state index in [0.29, 0.717) is 31.0 Å². The first-order chi connectivity index (χ1) is 13.3. The first kappa shape index (κ1) is 17.5. The lowest BCUT2D eigenvalue weighted by Gasteiger charge is -2.24. The van der Waals surface area contributed by atoms with E-state index in [1.807, 2.05) is 28.8 Å². The summed E-state index contributed by atoms with van der Waals surface area (Å²) >= 11 is 0. The van der Waals surface area contributed by atoms with E-state index in [-0.39, 0.29) is 0 Å². The Morgan fingerprint density at radius 2 is 2.30 bits per heavy atom. The highest BCUT2D eigenvalue weighted by atomic mass is 16.5. The van der Waals surface area contributed by atoms with Crippen molar-refractivity contribution in [3.05, 3.63) is 36.5 Å². The number of anilines is 3. The van der Waals surface area contributed by atoms with E-state index in [1.54, 1.807) is 12.3 Å². The highest BCUT2D eigenvalue weighted by molar-refractivity contribution is 5.58. The van der Waals surface area contributed by atoms with Crippen molar-refractivity contribution >= 4 is 23.1 Å². The minimum atomic E-state index is 0.396. The van der Waals surface area contributed by atoms with Gasteiger partial charge in [-0.3, -0.25) is 0 Å². The van der Waals surface area contributed by atoms with Gasteiger partial charge in [0.25, 0.3) is 0 Å². The maximum atomic E-state index is 5.46. The third-order valence-electron chi connectivity index (χ3n) is 4.37. The molecular weight excluding hydrogens is 344 g/mol. The van der Waals surface area contributed by atoms with Gasteiger partial charge < -0.3 is 26.4 Å². The molecule has 9 heteroatoms. The first-order valence-corrected chi connectivity index (χ1v) is 9.21. The van der Waals surface area contributed by atoms with Gasteiger partial charge in [-0.2, -0.15) is 9.50 Å². The van der Waals surface area contributed by atoms with Crippen LogP contribution in [0.2, 0.25) is 0 Å². The zero-order valence-corrected chi connectivity index (χ0v) is 15.1. The number of nitrogens with one attached hydrogen (secondary N) is 3. The molecule has 1 aliphatic rings. The van der Waals surface area contributed by atoms with Gasteiger partial charge in [0.15, 0.2) is 5.65 Å². The number of hydrogen-bond donors (Lipinski definition) is 4. The molecule has 4 heterocycles. The highest BCUT2D eigenvalue weighted by Gasteiger charge is 2.15. The Bertz CT molecular complexity index is 890. The maximum Gasteiger partial charge on any atom is 0.247 e. The molecule has 0 aromatic carbocycles. The van der Waals surface area contributed by atoms with E-state index in [4.69, 9.17) is 10.5 Å². The summed E-state index contributed by atoms with van der Waals surface area (Å²) in [6.07, 6.45) is 3.99. The van der Waals surface area contributed by atoms with Crippen molar-refractivity contribution in [2.75, 3.05) is 36.9 Å². The molecular formula is C18H24N8O. The Balaban J connectivity index is 1.52. The van der Waals surface area contributed by atoms with Crippen LogP contribution in [0.1, 0.15) is 12.8 Å². The van der Waals surface area contributed by atoms with Crippen molar-refractivity contribution in [2.24, 2.45) is 5.73 Å². The fourth-order valence-electron chi connectivity index (χ4n) is 3.11. The Morgan fingerprint density at radius 3 is 3.15 bits per heavy atom. The Kier molecular flexibility index (Phi) is 5.31. The van der Waals surface area contributed by atoms with E-state index in [0.717, 1.165) is 36.7 Å². The quantitative estimate of drug-likeness (QED) is 0.494. The lowest BCUT2D eigenvalue weighted by Crippen LogP contribution is -2.38. The highest BCUT2D eigenvalue weighted by Crippen LogP contribution is 2.20. The van der Waals surface area contributed by atoms with Crippen LogP contribution in [-0.4, -0.2) is 51.9 Å². The number of fused-ring (bicyclic) bond motifs is 1. The monoisotopic (exact) mass is 368 g/mol. The second-order valence-electron chi connectivity index (χ2n) is 6.45. The van der Waals surface area contributed by atoms with Crippen molar-refractivity contribution in [3.8, 4) is 5.88 Å². The number of piperidine rings is 1. The van der Waals surface area contributed by atoms with Gasteiger partial charge in [-0.05, 0) is 37.6 Å². The van der Waals surface area contributed by atoms with Crippen molar-refractivity contribution in [3.63, 3.8) is 0 Å². The fraction of sp³-hybridized carbons (Fsp3) is 0.389. The number of rotatable bonds is 7. The van der Waals surface area contributed by atoms with Gasteiger partial charge in [-0.15, -0.1) is 5.10 Å². The van der Waals surface area contributed by atoms with Crippen LogP contribution in [-0.2, 0) is 0 Å². The van der Waals surface area contributed by atoms with Crippen molar-refractivity contribution in [2.45, 2.75) is 18.9 Å². The van der Waals surface area contributed by atoms with Crippen LogP contribution in [0.4, 0.5) is 17.5 Å². The number of pyridine rings is 2. The van der Waals surface area contributed by atoms with Gasteiger partial charge in [0.05, 0.1) is 0 Å². The molecule has 0 spiro atoms. The summed E-state index contributed by atoms with van der Waals surface area (Å²) in [5, 5.41) is 14.8. The molecule has 0 aliphatic carbocycles. The van der Waals surface area contributed by atoms with E-state index in [1.165, 1.54) is 6.42 Å². The van der Waals surface area contributed by atoms with Crippen LogP contribution in [0.25, 0.3) is 5.65 Å². The van der Waals surface area contributed by atoms with Gasteiger partial charge in [0, 0.05) is 37.1 Å². The van der Waals surface area contributed by atoms with Crippen LogP contribution < -0.4 is 26.4 Å². The lowest BCUT2D eigenvalue weighted by atomic mass is 10.1. The van der Waals surface area contributed by atoms with E-state index >= 15 is 0 Å². The predicted octanol–water partition coefficient (Wildman–Crippen LogP) is 1.37. The van der Waals surface area contributed by atoms with E-state index < -0.39 is 0 Å². The molecule has 1 fully saturated rings. The number of ether oxygens (including phenoxy) is 1. The summed E-state index contributed by atoms with van der Waals surface area (Å²) in [6, 6.07) is 9.97. The maximum absolute atomic E-state index is 5.46. The van der Waals surface area contributed by atoms with Gasteiger partial charge in [0.2, 0.25) is 11.8 Å². The molecule has 4 rings (SSSR count). The van der Waals surface area contributed by atoms with Crippen LogP contribution in [0.15, 0.2) is 36.5 Å². The van der Waals surface area contributed by atoms with Crippen LogP contribution in [0.3, 0.4) is 0 Å².